The fraction of sp³-hybridized carbons (Fsp3) is 0.211. The lowest BCUT2D eigenvalue weighted by molar-refractivity contribution is 0.414. The van der Waals surface area contributed by atoms with Gasteiger partial charge < -0.3 is 10.1 Å². The Labute approximate surface area is 155 Å². The van der Waals surface area contributed by atoms with Crippen LogP contribution in [0.15, 0.2) is 57.2 Å². The molecule has 1 saturated carbocycles. The van der Waals surface area contributed by atoms with Crippen LogP contribution in [0, 0.1) is 0 Å². The summed E-state index contributed by atoms with van der Waals surface area (Å²) < 4.78 is 26.1. The second kappa shape index (κ2) is 6.14. The van der Waals surface area contributed by atoms with Crippen LogP contribution in [0.25, 0.3) is 10.9 Å². The SMILES string of the molecule is O=c1c(S(=O)(=O)c2cc(O)cc(C3CCC3)c2)c[nH]c2ccc(Cl)cc12. The summed E-state index contributed by atoms with van der Waals surface area (Å²) in [5.41, 5.74) is 0.675. The predicted octanol–water partition coefficient (Wildman–Crippen LogP) is 3.99. The first kappa shape index (κ1) is 17.1. The van der Waals surface area contributed by atoms with E-state index in [0.29, 0.717) is 10.5 Å². The largest absolute Gasteiger partial charge is 0.508 e. The Bertz CT molecular complexity index is 1180. The van der Waals surface area contributed by atoms with Crippen molar-refractivity contribution in [2.24, 2.45) is 0 Å². The van der Waals surface area contributed by atoms with E-state index in [1.165, 1.54) is 18.3 Å². The topological polar surface area (TPSA) is 87.2 Å². The molecule has 4 rings (SSSR count). The van der Waals surface area contributed by atoms with Gasteiger partial charge >= 0.3 is 0 Å². The standard InChI is InChI=1S/C19H16ClNO4S/c20-13-4-5-17-16(8-13)19(23)18(10-21-17)26(24,25)15-7-12(6-14(22)9-15)11-2-1-3-11/h4-11,22H,1-3H2,(H,21,23). The maximum atomic E-state index is 13.1. The fourth-order valence-electron chi connectivity index (χ4n) is 3.24. The number of halogens is 1. The van der Waals surface area contributed by atoms with E-state index in [0.717, 1.165) is 24.8 Å². The fourth-order valence-corrected chi connectivity index (χ4v) is 4.80. The van der Waals surface area contributed by atoms with Gasteiger partial charge in [0.1, 0.15) is 10.6 Å². The molecule has 0 spiro atoms. The van der Waals surface area contributed by atoms with Crippen LogP contribution in [-0.4, -0.2) is 18.5 Å². The van der Waals surface area contributed by atoms with Gasteiger partial charge in [0.2, 0.25) is 15.3 Å². The van der Waals surface area contributed by atoms with Crippen molar-refractivity contribution >= 4 is 32.3 Å². The van der Waals surface area contributed by atoms with Gasteiger partial charge in [0.05, 0.1) is 4.90 Å². The minimum atomic E-state index is -4.08. The summed E-state index contributed by atoms with van der Waals surface area (Å²) in [6.45, 7) is 0. The van der Waals surface area contributed by atoms with E-state index in [-0.39, 0.29) is 26.8 Å². The zero-order valence-corrected chi connectivity index (χ0v) is 15.3. The van der Waals surface area contributed by atoms with Crippen molar-refractivity contribution in [2.45, 2.75) is 35.0 Å². The Kier molecular flexibility index (Phi) is 4.04. The van der Waals surface area contributed by atoms with Gasteiger partial charge in [-0.05, 0) is 60.7 Å². The molecule has 0 unspecified atom stereocenters. The molecule has 2 aromatic carbocycles. The van der Waals surface area contributed by atoms with Crippen LogP contribution >= 0.6 is 11.6 Å². The summed E-state index contributed by atoms with van der Waals surface area (Å²) in [6.07, 6.45) is 4.23. The third kappa shape index (κ3) is 2.79. The van der Waals surface area contributed by atoms with Crippen LogP contribution in [0.2, 0.25) is 5.02 Å². The van der Waals surface area contributed by atoms with Crippen molar-refractivity contribution in [1.82, 2.24) is 4.98 Å². The van der Waals surface area contributed by atoms with E-state index in [9.17, 15) is 18.3 Å². The highest BCUT2D eigenvalue weighted by Gasteiger charge is 2.26. The molecule has 0 saturated heterocycles. The van der Waals surface area contributed by atoms with Gasteiger partial charge in [0.15, 0.2) is 0 Å². The number of H-pyrrole nitrogens is 1. The molecular weight excluding hydrogens is 374 g/mol. The Morgan fingerprint density at radius 3 is 2.58 bits per heavy atom. The number of aromatic amines is 1. The van der Waals surface area contributed by atoms with Crippen LogP contribution < -0.4 is 5.43 Å². The molecule has 1 aromatic heterocycles. The van der Waals surface area contributed by atoms with E-state index in [4.69, 9.17) is 11.6 Å². The number of hydrogen-bond acceptors (Lipinski definition) is 4. The molecule has 1 aliphatic carbocycles. The first-order chi connectivity index (χ1) is 12.4. The highest BCUT2D eigenvalue weighted by Crippen LogP contribution is 2.39. The zero-order chi connectivity index (χ0) is 18.5. The molecule has 1 fully saturated rings. The summed E-state index contributed by atoms with van der Waals surface area (Å²) >= 11 is 5.94. The van der Waals surface area contributed by atoms with E-state index < -0.39 is 15.3 Å². The molecule has 134 valence electrons. The molecule has 26 heavy (non-hydrogen) atoms. The second-order valence-corrected chi connectivity index (χ2v) is 8.92. The number of aromatic nitrogens is 1. The molecule has 0 atom stereocenters. The van der Waals surface area contributed by atoms with Crippen molar-refractivity contribution in [2.75, 3.05) is 0 Å². The molecule has 1 aliphatic rings. The van der Waals surface area contributed by atoms with Crippen molar-refractivity contribution in [1.29, 1.82) is 0 Å². The quantitative estimate of drug-likeness (QED) is 0.709. The number of rotatable bonds is 3. The van der Waals surface area contributed by atoms with Gasteiger partial charge in [-0.25, -0.2) is 8.42 Å². The van der Waals surface area contributed by atoms with Crippen LogP contribution in [-0.2, 0) is 9.84 Å². The molecule has 3 aromatic rings. The number of hydrogen-bond donors (Lipinski definition) is 2. The van der Waals surface area contributed by atoms with Gasteiger partial charge in [-0.15, -0.1) is 0 Å². The molecular formula is C19H16ClNO4S. The number of fused-ring (bicyclic) bond motifs is 1. The van der Waals surface area contributed by atoms with Crippen LogP contribution in [0.3, 0.4) is 0 Å². The van der Waals surface area contributed by atoms with Gasteiger partial charge in [0, 0.05) is 22.1 Å². The summed E-state index contributed by atoms with van der Waals surface area (Å²) in [7, 11) is -4.08. The lowest BCUT2D eigenvalue weighted by atomic mass is 9.80. The van der Waals surface area contributed by atoms with E-state index in [1.54, 1.807) is 24.3 Å². The summed E-state index contributed by atoms with van der Waals surface area (Å²) in [5.74, 6) is 0.137. The molecule has 2 N–H and O–H groups in total. The minimum absolute atomic E-state index is 0.0775. The number of aromatic hydroxyl groups is 1. The Balaban J connectivity index is 1.90. The molecule has 5 nitrogen and oxygen atoms in total. The van der Waals surface area contributed by atoms with E-state index >= 15 is 0 Å². The summed E-state index contributed by atoms with van der Waals surface area (Å²) in [5, 5.41) is 10.5. The number of sulfone groups is 1. The number of nitrogens with one attached hydrogen (secondary N) is 1. The van der Waals surface area contributed by atoms with Crippen molar-refractivity contribution in [3.63, 3.8) is 0 Å². The average Bonchev–Trinajstić information content (AvgIpc) is 2.53. The predicted molar refractivity (Wildman–Crippen MR) is 99.7 cm³/mol. The van der Waals surface area contributed by atoms with Gasteiger partial charge in [-0.2, -0.15) is 0 Å². The highest BCUT2D eigenvalue weighted by molar-refractivity contribution is 7.91. The normalized spacial score (nSPS) is 15.1. The number of pyridine rings is 1. The molecule has 1 heterocycles. The number of phenols is 1. The van der Waals surface area contributed by atoms with Crippen LogP contribution in [0.5, 0.6) is 5.75 Å². The van der Waals surface area contributed by atoms with E-state index in [2.05, 4.69) is 4.98 Å². The zero-order valence-electron chi connectivity index (χ0n) is 13.7. The first-order valence-corrected chi connectivity index (χ1v) is 10.1. The van der Waals surface area contributed by atoms with Crippen molar-refractivity contribution in [3.8, 4) is 5.75 Å². The van der Waals surface area contributed by atoms with Gasteiger partial charge in [-0.3, -0.25) is 4.79 Å². The van der Waals surface area contributed by atoms with E-state index in [1.807, 2.05) is 0 Å². The Morgan fingerprint density at radius 1 is 1.12 bits per heavy atom. The number of benzene rings is 2. The molecule has 0 aliphatic heterocycles. The monoisotopic (exact) mass is 389 g/mol. The second-order valence-electron chi connectivity index (χ2n) is 6.56. The average molecular weight is 390 g/mol. The van der Waals surface area contributed by atoms with Gasteiger partial charge in [-0.1, -0.05) is 18.0 Å². The third-order valence-corrected chi connectivity index (χ3v) is 6.87. The molecule has 0 radical (unpaired) electrons. The lowest BCUT2D eigenvalue weighted by Crippen LogP contribution is -2.17. The van der Waals surface area contributed by atoms with Crippen LogP contribution in [0.1, 0.15) is 30.7 Å². The lowest BCUT2D eigenvalue weighted by Gasteiger charge is -2.26. The van der Waals surface area contributed by atoms with Crippen molar-refractivity contribution < 1.29 is 13.5 Å². The minimum Gasteiger partial charge on any atom is -0.508 e. The molecule has 0 bridgehead atoms. The Hall–Kier alpha value is -2.31. The highest BCUT2D eigenvalue weighted by atomic mass is 35.5. The maximum Gasteiger partial charge on any atom is 0.212 e. The summed E-state index contributed by atoms with van der Waals surface area (Å²) in [4.78, 5) is 15.1. The molecule has 0 amide bonds. The number of phenolic OH excluding ortho intramolecular Hbond substituents is 1. The summed E-state index contributed by atoms with van der Waals surface area (Å²) in [6, 6.07) is 9.01. The maximum absolute atomic E-state index is 13.1. The third-order valence-electron chi connectivity index (χ3n) is 4.90. The smallest absolute Gasteiger partial charge is 0.212 e. The molecule has 7 heteroatoms. The van der Waals surface area contributed by atoms with Crippen LogP contribution in [0.4, 0.5) is 0 Å². The first-order valence-electron chi connectivity index (χ1n) is 8.26. The van der Waals surface area contributed by atoms with Gasteiger partial charge in [0.25, 0.3) is 0 Å². The van der Waals surface area contributed by atoms with Crippen molar-refractivity contribution in [3.05, 3.63) is 63.4 Å². The Morgan fingerprint density at radius 2 is 1.88 bits per heavy atom.